The van der Waals surface area contributed by atoms with Gasteiger partial charge in [-0.3, -0.25) is 0 Å². The van der Waals surface area contributed by atoms with Crippen molar-refractivity contribution < 1.29 is 42.0 Å². The summed E-state index contributed by atoms with van der Waals surface area (Å²) in [5.41, 5.74) is 0. The minimum absolute atomic E-state index is 0. The third-order valence-corrected chi connectivity index (χ3v) is 0. The molecule has 5 heavy (non-hydrogen) atoms. The van der Waals surface area contributed by atoms with E-state index in [1.165, 1.54) is 0 Å². The van der Waals surface area contributed by atoms with Crippen LogP contribution in [0.15, 0.2) is 0 Å². The number of rotatable bonds is 0. The topological polar surface area (TPSA) is 0 Å². The van der Waals surface area contributed by atoms with E-state index in [0.717, 1.165) is 0 Å². The Hall–Kier alpha value is 2.79. The Morgan fingerprint density at radius 2 is 1.20 bits per heavy atom. The molecule has 0 heterocycles. The zero-order valence-corrected chi connectivity index (χ0v) is 10.8. The first kappa shape index (κ1) is 15.7. The van der Waals surface area contributed by atoms with Crippen LogP contribution in [-0.2, 0) is 0 Å². The summed E-state index contributed by atoms with van der Waals surface area (Å²) in [6, 6.07) is 0. The van der Waals surface area contributed by atoms with Crippen LogP contribution >= 0.6 is 16.6 Å². The first-order valence-electron chi connectivity index (χ1n) is 0.378. The fraction of sp³-hybridized carbons (Fsp3) is 0. The Morgan fingerprint density at radius 1 is 1.20 bits per heavy atom. The molecule has 0 amide bonds. The summed E-state index contributed by atoms with van der Waals surface area (Å²) in [7, 11) is 9.92. The number of hydrogen-bond acceptors (Lipinski definition) is 0. The van der Waals surface area contributed by atoms with Crippen molar-refractivity contribution in [1.82, 2.24) is 0 Å². The van der Waals surface area contributed by atoms with Crippen LogP contribution in [-0.4, -0.2) is 21.8 Å². The molecule has 0 aromatic carbocycles. The van der Waals surface area contributed by atoms with E-state index in [-0.39, 0.29) is 42.0 Å². The molecule has 0 atom stereocenters. The second-order valence-electron chi connectivity index (χ2n) is 0.0714. The largest absolute Gasteiger partial charge is 1.00 e. The van der Waals surface area contributed by atoms with Gasteiger partial charge in [-0.25, -0.2) is 0 Å². The average molecular weight is 337 g/mol. The summed E-state index contributed by atoms with van der Waals surface area (Å²) in [5, 5.41) is 0. The Kier molecular flexibility index (Phi) is 49.6. The van der Waals surface area contributed by atoms with Crippen LogP contribution in [0.3, 0.4) is 0 Å². The van der Waals surface area contributed by atoms with Gasteiger partial charge in [-0.05, 0) is 0 Å². The predicted octanol–water partition coefficient (Wildman–Crippen LogP) is -4.99. The van der Waals surface area contributed by atoms with Crippen molar-refractivity contribution in [3.63, 3.8) is 0 Å². The van der Waals surface area contributed by atoms with Crippen molar-refractivity contribution in [2.24, 2.45) is 0 Å². The molecule has 0 saturated heterocycles. The Balaban J connectivity index is -0.0000000200. The fourth-order valence-corrected chi connectivity index (χ4v) is 0. The van der Waals surface area contributed by atoms with E-state index >= 15 is 0 Å². The third-order valence-electron chi connectivity index (χ3n) is 0. The Labute approximate surface area is 78.8 Å². The fourth-order valence-electron chi connectivity index (χ4n) is 0. The molecule has 0 aromatic heterocycles. The van der Waals surface area contributed by atoms with E-state index in [0.29, 0.717) is 0 Å². The molecule has 0 aliphatic rings. The second-order valence-corrected chi connectivity index (χ2v) is 5.64. The van der Waals surface area contributed by atoms with Crippen molar-refractivity contribution in [2.75, 3.05) is 0 Å². The third kappa shape index (κ3) is 20.0. The molecule has 0 unspecified atom stereocenters. The van der Waals surface area contributed by atoms with Gasteiger partial charge in [-0.15, -0.1) is 0 Å². The van der Waals surface area contributed by atoms with Gasteiger partial charge in [0.25, 0.3) is 0 Å². The number of hydrogen-bond donors (Lipinski definition) is 0. The molecule has 2 radical (unpaired) electrons. The van der Waals surface area contributed by atoms with Gasteiger partial charge in [-0.1, -0.05) is 0 Å². The molecule has 0 N–H and O–H groups in total. The van der Waals surface area contributed by atoms with Crippen LogP contribution in [0.2, 0.25) is 0 Å². The maximum absolute atomic E-state index is 4.96. The maximum Gasteiger partial charge on any atom is 1.00 e. The Morgan fingerprint density at radius 3 is 1.20 bits per heavy atom. The summed E-state index contributed by atoms with van der Waals surface area (Å²) >= 11 is -0.972. The van der Waals surface area contributed by atoms with Crippen molar-refractivity contribution in [1.29, 1.82) is 0 Å². The molecule has 0 nitrogen and oxygen atoms in total. The summed E-state index contributed by atoms with van der Waals surface area (Å²) in [6.45, 7) is 0. The number of halogens is 3. The molecule has 0 saturated carbocycles. The quantitative estimate of drug-likeness (QED) is 0.389. The Bertz CT molecular complexity index is 6.85. The van der Waals surface area contributed by atoms with Gasteiger partial charge < -0.3 is 12.4 Å². The van der Waals surface area contributed by atoms with E-state index in [9.17, 15) is 0 Å². The molecule has 0 rings (SSSR count). The van der Waals surface area contributed by atoms with E-state index in [4.69, 9.17) is 16.6 Å². The summed E-state index contributed by atoms with van der Waals surface area (Å²) in [6.07, 6.45) is 0. The maximum atomic E-state index is 4.96. The van der Waals surface area contributed by atoms with Crippen LogP contribution in [0.4, 0.5) is 0 Å². The van der Waals surface area contributed by atoms with Crippen LogP contribution in [0.5, 0.6) is 0 Å². The summed E-state index contributed by atoms with van der Waals surface area (Å²) in [5.74, 6) is 0. The molecule has 0 fully saturated rings. The zero-order valence-electron chi connectivity index (χ0n) is 2.63. The van der Waals surface area contributed by atoms with E-state index in [1.807, 2.05) is 0 Å². The molecule has 0 aromatic rings. The van der Waals surface area contributed by atoms with Crippen LogP contribution < -0.4 is 42.0 Å². The van der Waals surface area contributed by atoms with Crippen molar-refractivity contribution >= 4 is 38.4 Å². The van der Waals surface area contributed by atoms with Crippen LogP contribution in [0.1, 0.15) is 0 Å². The molecular weight excluding hydrogens is 337 g/mol. The minimum atomic E-state index is -0.972. The molecule has 0 aliphatic carbocycles. The van der Waals surface area contributed by atoms with Gasteiger partial charge in [-0.2, -0.15) is 0 Å². The van der Waals surface area contributed by atoms with E-state index in [2.05, 4.69) is 0 Å². The summed E-state index contributed by atoms with van der Waals surface area (Å²) < 4.78 is 0. The molecule has 0 aliphatic heterocycles. The van der Waals surface area contributed by atoms with Gasteiger partial charge in [0.1, 0.15) is 0 Å². The molecule has 26 valence electrons. The summed E-state index contributed by atoms with van der Waals surface area (Å²) in [4.78, 5) is 0. The molecular formula is Cl3NaPb. The van der Waals surface area contributed by atoms with Gasteiger partial charge in [0.05, 0.1) is 0 Å². The normalized spacial score (nSPS) is 3.60. The van der Waals surface area contributed by atoms with E-state index < -0.39 is 21.8 Å². The minimum Gasteiger partial charge on any atom is 1.00 e. The first-order valence-corrected chi connectivity index (χ1v) is 9.95. The second kappa shape index (κ2) is 15.8. The van der Waals surface area contributed by atoms with Crippen molar-refractivity contribution in [2.45, 2.75) is 0 Å². The first-order chi connectivity index (χ1) is 1.41. The molecule has 0 bridgehead atoms. The standard InChI is InChI=1S/3ClH.Na.Pb/h3*1H;;/q;;;+1;+2/p-3. The van der Waals surface area contributed by atoms with E-state index in [1.54, 1.807) is 0 Å². The van der Waals surface area contributed by atoms with Crippen LogP contribution in [0, 0.1) is 0 Å². The monoisotopic (exact) mass is 336 g/mol. The van der Waals surface area contributed by atoms with Gasteiger partial charge >= 0.3 is 68.0 Å². The molecule has 0 spiro atoms. The zero-order chi connectivity index (χ0) is 2.71. The van der Waals surface area contributed by atoms with Crippen molar-refractivity contribution in [3.8, 4) is 0 Å². The van der Waals surface area contributed by atoms with Crippen molar-refractivity contribution in [3.05, 3.63) is 0 Å². The van der Waals surface area contributed by atoms with Crippen LogP contribution in [0.25, 0.3) is 0 Å². The molecule has 5 heteroatoms. The average Bonchev–Trinajstić information content (AvgIpc) is 0.918. The predicted molar refractivity (Wildman–Crippen MR) is 17.5 cm³/mol. The SMILES string of the molecule is [Cl-].[Cl][Pb][Cl].[Na+]. The van der Waals surface area contributed by atoms with Gasteiger partial charge in [0.15, 0.2) is 0 Å². The van der Waals surface area contributed by atoms with Gasteiger partial charge in [0, 0.05) is 0 Å². The van der Waals surface area contributed by atoms with Gasteiger partial charge in [0.2, 0.25) is 0 Å². The smallest absolute Gasteiger partial charge is 1.00 e.